The number of fused-ring (bicyclic) bond motifs is 2. The van der Waals surface area contributed by atoms with Crippen molar-refractivity contribution >= 4 is 11.7 Å². The first-order chi connectivity index (χ1) is 13.8. The minimum absolute atomic E-state index is 0.0711. The van der Waals surface area contributed by atoms with E-state index < -0.39 is 0 Å². The van der Waals surface area contributed by atoms with Gasteiger partial charge in [-0.2, -0.15) is 0 Å². The van der Waals surface area contributed by atoms with Gasteiger partial charge in [-0.05, 0) is 49.4 Å². The van der Waals surface area contributed by atoms with Crippen molar-refractivity contribution in [1.82, 2.24) is 14.9 Å². The highest BCUT2D eigenvalue weighted by molar-refractivity contribution is 5.94. The maximum absolute atomic E-state index is 12.8. The van der Waals surface area contributed by atoms with E-state index in [9.17, 15) is 4.79 Å². The van der Waals surface area contributed by atoms with Crippen LogP contribution in [-0.2, 0) is 0 Å². The number of hydrogen-bond acceptors (Lipinski definition) is 5. The average molecular weight is 378 g/mol. The first-order valence-corrected chi connectivity index (χ1v) is 10.3. The van der Waals surface area contributed by atoms with Gasteiger partial charge >= 0.3 is 0 Å². The molecule has 3 fully saturated rings. The van der Waals surface area contributed by atoms with Crippen molar-refractivity contribution in [2.24, 2.45) is 5.92 Å². The fourth-order valence-corrected chi connectivity index (χ4v) is 4.86. The van der Waals surface area contributed by atoms with Gasteiger partial charge in [0.25, 0.3) is 5.91 Å². The minimum Gasteiger partial charge on any atom is -0.489 e. The molecule has 1 saturated carbocycles. The van der Waals surface area contributed by atoms with Gasteiger partial charge in [0, 0.05) is 50.9 Å². The maximum Gasteiger partial charge on any atom is 0.255 e. The molecule has 2 atom stereocenters. The molecule has 2 saturated heterocycles. The molecule has 5 rings (SSSR count). The Morgan fingerprint density at radius 1 is 1.07 bits per heavy atom. The normalized spacial score (nSPS) is 24.6. The van der Waals surface area contributed by atoms with Crippen molar-refractivity contribution in [3.05, 3.63) is 48.4 Å². The molecule has 4 heterocycles. The number of carbonyl (C=O) groups excluding carboxylic acids is 1. The van der Waals surface area contributed by atoms with Gasteiger partial charge in [-0.1, -0.05) is 0 Å². The molecule has 0 N–H and O–H groups in total. The van der Waals surface area contributed by atoms with Gasteiger partial charge in [0.1, 0.15) is 17.7 Å². The van der Waals surface area contributed by atoms with Gasteiger partial charge in [-0.15, -0.1) is 0 Å². The number of hydrogen-bond donors (Lipinski definition) is 0. The Labute approximate surface area is 165 Å². The Balaban J connectivity index is 1.17. The Kier molecular flexibility index (Phi) is 4.63. The summed E-state index contributed by atoms with van der Waals surface area (Å²) >= 11 is 0. The van der Waals surface area contributed by atoms with Crippen molar-refractivity contribution in [2.75, 3.05) is 24.5 Å². The summed E-state index contributed by atoms with van der Waals surface area (Å²) in [5, 5.41) is 0. The number of likely N-dealkylation sites (tertiary alicyclic amines) is 1. The van der Waals surface area contributed by atoms with E-state index in [4.69, 9.17) is 4.74 Å². The lowest BCUT2D eigenvalue weighted by Gasteiger charge is -2.32. The monoisotopic (exact) mass is 378 g/mol. The lowest BCUT2D eigenvalue weighted by Crippen LogP contribution is -2.41. The van der Waals surface area contributed by atoms with Crippen LogP contribution in [0, 0.1) is 5.92 Å². The molecular formula is C22H26N4O2. The van der Waals surface area contributed by atoms with E-state index in [1.165, 1.54) is 19.3 Å². The standard InChI is InChI=1S/C22H26N4O2/c27-22(25-10-7-19(8-11-25)28-20-2-1-9-23-14-20)17-4-6-21(24-13-17)26-15-16-3-5-18(26)12-16/h1-2,4,6,9,13-14,16,18-19H,3,5,7-8,10-12,15H2/t16-,18-/m0/s1. The third-order valence-electron chi connectivity index (χ3n) is 6.36. The van der Waals surface area contributed by atoms with Gasteiger partial charge in [0.15, 0.2) is 0 Å². The second-order valence-electron chi connectivity index (χ2n) is 8.19. The van der Waals surface area contributed by atoms with Crippen LogP contribution in [0.25, 0.3) is 0 Å². The minimum atomic E-state index is 0.0711. The van der Waals surface area contributed by atoms with Gasteiger partial charge in [0.05, 0.1) is 11.8 Å². The zero-order valence-corrected chi connectivity index (χ0v) is 16.0. The van der Waals surface area contributed by atoms with Crippen LogP contribution in [0.15, 0.2) is 42.9 Å². The third kappa shape index (κ3) is 3.43. The number of amides is 1. The Hall–Kier alpha value is -2.63. The molecule has 2 aliphatic heterocycles. The van der Waals surface area contributed by atoms with Crippen molar-refractivity contribution in [2.45, 2.75) is 44.2 Å². The number of piperidine rings is 2. The first kappa shape index (κ1) is 17.5. The molecule has 2 aromatic rings. The van der Waals surface area contributed by atoms with E-state index in [0.29, 0.717) is 24.7 Å². The zero-order chi connectivity index (χ0) is 18.9. The van der Waals surface area contributed by atoms with Crippen LogP contribution >= 0.6 is 0 Å². The molecule has 0 unspecified atom stereocenters. The van der Waals surface area contributed by atoms with Crippen LogP contribution < -0.4 is 9.64 Å². The van der Waals surface area contributed by atoms with E-state index in [1.54, 1.807) is 18.6 Å². The maximum atomic E-state index is 12.8. The van der Waals surface area contributed by atoms with E-state index >= 15 is 0 Å². The summed E-state index contributed by atoms with van der Waals surface area (Å²) in [6, 6.07) is 8.40. The number of rotatable bonds is 4. The average Bonchev–Trinajstić information content (AvgIpc) is 3.39. The Bertz CT molecular complexity index is 818. The van der Waals surface area contributed by atoms with Crippen molar-refractivity contribution in [3.63, 3.8) is 0 Å². The van der Waals surface area contributed by atoms with Crippen LogP contribution in [-0.4, -0.2) is 52.6 Å². The molecule has 146 valence electrons. The summed E-state index contributed by atoms with van der Waals surface area (Å²) in [5.41, 5.74) is 0.680. The second kappa shape index (κ2) is 7.41. The Morgan fingerprint density at radius 2 is 1.96 bits per heavy atom. The van der Waals surface area contributed by atoms with Gasteiger partial charge < -0.3 is 14.5 Å². The molecule has 0 spiro atoms. The summed E-state index contributed by atoms with van der Waals surface area (Å²) in [7, 11) is 0. The van der Waals surface area contributed by atoms with Crippen LogP contribution in [0.5, 0.6) is 5.75 Å². The summed E-state index contributed by atoms with van der Waals surface area (Å²) in [4.78, 5) is 25.9. The van der Waals surface area contributed by atoms with Crippen molar-refractivity contribution in [1.29, 1.82) is 0 Å². The molecular weight excluding hydrogens is 352 g/mol. The molecule has 1 aliphatic carbocycles. The number of ether oxygens (including phenoxy) is 1. The molecule has 2 bridgehead atoms. The predicted octanol–water partition coefficient (Wildman–Crippen LogP) is 3.15. The van der Waals surface area contributed by atoms with Crippen molar-refractivity contribution in [3.8, 4) is 5.75 Å². The summed E-state index contributed by atoms with van der Waals surface area (Å²) < 4.78 is 5.97. The van der Waals surface area contributed by atoms with E-state index in [0.717, 1.165) is 36.9 Å². The quantitative estimate of drug-likeness (QED) is 0.818. The molecule has 0 radical (unpaired) electrons. The predicted molar refractivity (Wildman–Crippen MR) is 107 cm³/mol. The van der Waals surface area contributed by atoms with E-state index in [-0.39, 0.29) is 12.0 Å². The first-order valence-electron chi connectivity index (χ1n) is 10.3. The van der Waals surface area contributed by atoms with Crippen LogP contribution in [0.3, 0.4) is 0 Å². The summed E-state index contributed by atoms with van der Waals surface area (Å²) in [6.45, 7) is 2.54. The highest BCUT2D eigenvalue weighted by Gasteiger charge is 2.38. The highest BCUT2D eigenvalue weighted by atomic mass is 16.5. The second-order valence-corrected chi connectivity index (χ2v) is 8.19. The zero-order valence-electron chi connectivity index (χ0n) is 16.0. The molecule has 2 aromatic heterocycles. The largest absolute Gasteiger partial charge is 0.489 e. The van der Waals surface area contributed by atoms with Gasteiger partial charge in [-0.3, -0.25) is 9.78 Å². The van der Waals surface area contributed by atoms with E-state index in [2.05, 4.69) is 14.9 Å². The summed E-state index contributed by atoms with van der Waals surface area (Å²) in [5.74, 6) is 2.72. The number of pyridine rings is 2. The SMILES string of the molecule is O=C(c1ccc(N2C[C@H]3CC[C@H]2C3)nc1)N1CCC(Oc2cccnc2)CC1. The molecule has 3 aliphatic rings. The fraction of sp³-hybridized carbons (Fsp3) is 0.500. The lowest BCUT2D eigenvalue weighted by molar-refractivity contribution is 0.0594. The number of carbonyl (C=O) groups is 1. The van der Waals surface area contributed by atoms with Gasteiger partial charge in [0.2, 0.25) is 0 Å². The molecule has 28 heavy (non-hydrogen) atoms. The van der Waals surface area contributed by atoms with Crippen LogP contribution in [0.1, 0.15) is 42.5 Å². The number of nitrogens with zero attached hydrogens (tertiary/aromatic N) is 4. The smallest absolute Gasteiger partial charge is 0.255 e. The van der Waals surface area contributed by atoms with Crippen LogP contribution in [0.2, 0.25) is 0 Å². The molecule has 1 amide bonds. The van der Waals surface area contributed by atoms with E-state index in [1.807, 2.05) is 29.2 Å². The number of anilines is 1. The third-order valence-corrected chi connectivity index (χ3v) is 6.36. The topological polar surface area (TPSA) is 58.6 Å². The lowest BCUT2D eigenvalue weighted by atomic mass is 10.1. The highest BCUT2D eigenvalue weighted by Crippen LogP contribution is 2.39. The van der Waals surface area contributed by atoms with Gasteiger partial charge in [-0.25, -0.2) is 4.98 Å². The number of aromatic nitrogens is 2. The Morgan fingerprint density at radius 3 is 2.61 bits per heavy atom. The van der Waals surface area contributed by atoms with Crippen molar-refractivity contribution < 1.29 is 9.53 Å². The van der Waals surface area contributed by atoms with Crippen LogP contribution in [0.4, 0.5) is 5.82 Å². The summed E-state index contributed by atoms with van der Waals surface area (Å²) in [6.07, 6.45) is 11.0. The molecule has 0 aromatic carbocycles. The fourth-order valence-electron chi connectivity index (χ4n) is 4.86. The molecule has 6 heteroatoms. The molecule has 6 nitrogen and oxygen atoms in total.